The Morgan fingerprint density at radius 1 is 1.44 bits per heavy atom. The second-order valence-corrected chi connectivity index (χ2v) is 5.06. The van der Waals surface area contributed by atoms with Crippen molar-refractivity contribution in [2.45, 2.75) is 32.6 Å². The van der Waals surface area contributed by atoms with Crippen molar-refractivity contribution < 1.29 is 9.53 Å². The van der Waals surface area contributed by atoms with E-state index in [0.29, 0.717) is 6.42 Å². The van der Waals surface area contributed by atoms with Gasteiger partial charge in [0.15, 0.2) is 5.78 Å². The first kappa shape index (κ1) is 12.9. The van der Waals surface area contributed by atoms with E-state index < -0.39 is 0 Å². The Kier molecular flexibility index (Phi) is 4.19. The van der Waals surface area contributed by atoms with Crippen LogP contribution in [-0.2, 0) is 11.2 Å². The minimum Gasteiger partial charge on any atom is -0.497 e. The molecule has 2 nitrogen and oxygen atoms in total. The Morgan fingerprint density at radius 2 is 2.28 bits per heavy atom. The van der Waals surface area contributed by atoms with E-state index in [-0.39, 0.29) is 5.78 Å². The predicted molar refractivity (Wildman–Crippen MR) is 72.8 cm³/mol. The fourth-order valence-corrected chi connectivity index (χ4v) is 2.30. The molecule has 1 aliphatic rings. The van der Waals surface area contributed by atoms with Gasteiger partial charge in [-0.3, -0.25) is 4.79 Å². The van der Waals surface area contributed by atoms with Crippen molar-refractivity contribution in [2.24, 2.45) is 5.92 Å². The van der Waals surface area contributed by atoms with Crippen molar-refractivity contribution in [1.82, 2.24) is 0 Å². The van der Waals surface area contributed by atoms with E-state index in [4.69, 9.17) is 4.74 Å². The van der Waals surface area contributed by atoms with Gasteiger partial charge in [-0.25, -0.2) is 0 Å². The van der Waals surface area contributed by atoms with Crippen molar-refractivity contribution in [3.63, 3.8) is 0 Å². The SMILES string of the molecule is COc1cccc(CC(=O)C2=CCC(C)CC2)c1. The van der Waals surface area contributed by atoms with Gasteiger partial charge in [0.1, 0.15) is 5.75 Å². The third-order valence-electron chi connectivity index (χ3n) is 3.53. The summed E-state index contributed by atoms with van der Waals surface area (Å²) in [6.07, 6.45) is 5.72. The molecule has 1 aromatic rings. The smallest absolute Gasteiger partial charge is 0.162 e. The highest BCUT2D eigenvalue weighted by atomic mass is 16.5. The van der Waals surface area contributed by atoms with Crippen molar-refractivity contribution in [2.75, 3.05) is 7.11 Å². The lowest BCUT2D eigenvalue weighted by Gasteiger charge is -2.17. The van der Waals surface area contributed by atoms with Crippen LogP contribution in [-0.4, -0.2) is 12.9 Å². The number of rotatable bonds is 4. The maximum absolute atomic E-state index is 12.2. The Hall–Kier alpha value is -1.57. The summed E-state index contributed by atoms with van der Waals surface area (Å²) in [6, 6.07) is 7.74. The standard InChI is InChI=1S/C16H20O2/c1-12-6-8-14(9-7-12)16(17)11-13-4-3-5-15(10-13)18-2/h3-5,8,10,12H,6-7,9,11H2,1-2H3. The lowest BCUT2D eigenvalue weighted by molar-refractivity contribution is -0.115. The third kappa shape index (κ3) is 3.22. The zero-order chi connectivity index (χ0) is 13.0. The molecule has 0 N–H and O–H groups in total. The maximum Gasteiger partial charge on any atom is 0.162 e. The highest BCUT2D eigenvalue weighted by Crippen LogP contribution is 2.24. The van der Waals surface area contributed by atoms with Crippen LogP contribution in [0.3, 0.4) is 0 Å². The molecule has 0 heterocycles. The zero-order valence-corrected chi connectivity index (χ0v) is 11.1. The summed E-state index contributed by atoms with van der Waals surface area (Å²) in [4.78, 5) is 12.2. The highest BCUT2D eigenvalue weighted by molar-refractivity contribution is 5.96. The van der Waals surface area contributed by atoms with Gasteiger partial charge in [0, 0.05) is 6.42 Å². The summed E-state index contributed by atoms with van der Waals surface area (Å²) in [5, 5.41) is 0. The summed E-state index contributed by atoms with van der Waals surface area (Å²) >= 11 is 0. The fourth-order valence-electron chi connectivity index (χ4n) is 2.30. The third-order valence-corrected chi connectivity index (χ3v) is 3.53. The van der Waals surface area contributed by atoms with Gasteiger partial charge in [-0.05, 0) is 48.4 Å². The van der Waals surface area contributed by atoms with E-state index in [1.807, 2.05) is 24.3 Å². The number of methoxy groups -OCH3 is 1. The lowest BCUT2D eigenvalue weighted by Crippen LogP contribution is -2.11. The molecule has 1 aromatic carbocycles. The van der Waals surface area contributed by atoms with Gasteiger partial charge in [-0.15, -0.1) is 0 Å². The predicted octanol–water partition coefficient (Wildman–Crippen LogP) is 3.55. The second-order valence-electron chi connectivity index (χ2n) is 5.06. The molecule has 96 valence electrons. The van der Waals surface area contributed by atoms with E-state index in [0.717, 1.165) is 42.1 Å². The number of carbonyl (C=O) groups is 1. The van der Waals surface area contributed by atoms with Crippen LogP contribution < -0.4 is 4.74 Å². The number of hydrogen-bond donors (Lipinski definition) is 0. The number of ether oxygens (including phenoxy) is 1. The highest BCUT2D eigenvalue weighted by Gasteiger charge is 2.16. The number of carbonyl (C=O) groups excluding carboxylic acids is 1. The van der Waals surface area contributed by atoms with Crippen LogP contribution in [0.4, 0.5) is 0 Å². The van der Waals surface area contributed by atoms with Gasteiger partial charge in [0.25, 0.3) is 0 Å². The van der Waals surface area contributed by atoms with Gasteiger partial charge in [-0.1, -0.05) is 25.1 Å². The molecule has 0 aliphatic heterocycles. The van der Waals surface area contributed by atoms with Crippen LogP contribution in [0.2, 0.25) is 0 Å². The monoisotopic (exact) mass is 244 g/mol. The first-order valence-electron chi connectivity index (χ1n) is 6.54. The Morgan fingerprint density at radius 3 is 2.94 bits per heavy atom. The molecule has 2 heteroatoms. The van der Waals surface area contributed by atoms with Crippen molar-refractivity contribution in [3.8, 4) is 5.75 Å². The summed E-state index contributed by atoms with van der Waals surface area (Å²) in [6.45, 7) is 2.24. The Balaban J connectivity index is 2.02. The van der Waals surface area contributed by atoms with Crippen LogP contribution in [0.5, 0.6) is 5.75 Å². The molecule has 0 saturated heterocycles. The second kappa shape index (κ2) is 5.85. The van der Waals surface area contributed by atoms with E-state index in [2.05, 4.69) is 13.0 Å². The van der Waals surface area contributed by atoms with Gasteiger partial charge in [-0.2, -0.15) is 0 Å². The topological polar surface area (TPSA) is 26.3 Å². The molecule has 1 atom stereocenters. The molecular weight excluding hydrogens is 224 g/mol. The van der Waals surface area contributed by atoms with Crippen molar-refractivity contribution in [1.29, 1.82) is 0 Å². The van der Waals surface area contributed by atoms with Crippen LogP contribution in [0.1, 0.15) is 31.7 Å². The molecule has 0 saturated carbocycles. The molecular formula is C16H20O2. The lowest BCUT2D eigenvalue weighted by atomic mass is 9.88. The first-order valence-corrected chi connectivity index (χ1v) is 6.54. The van der Waals surface area contributed by atoms with Crippen molar-refractivity contribution in [3.05, 3.63) is 41.5 Å². The summed E-state index contributed by atoms with van der Waals surface area (Å²) in [5.41, 5.74) is 2.04. The van der Waals surface area contributed by atoms with Crippen LogP contribution in [0.15, 0.2) is 35.9 Å². The Bertz CT molecular complexity index is 460. The average Bonchev–Trinajstić information content (AvgIpc) is 2.39. The average molecular weight is 244 g/mol. The van der Waals surface area contributed by atoms with Crippen molar-refractivity contribution >= 4 is 5.78 Å². The molecule has 0 bridgehead atoms. The van der Waals surface area contributed by atoms with Crippen LogP contribution >= 0.6 is 0 Å². The first-order chi connectivity index (χ1) is 8.69. The normalized spacial score (nSPS) is 19.2. The van der Waals surface area contributed by atoms with E-state index >= 15 is 0 Å². The van der Waals surface area contributed by atoms with Crippen LogP contribution in [0.25, 0.3) is 0 Å². The van der Waals surface area contributed by atoms with E-state index in [1.165, 1.54) is 0 Å². The number of Topliss-reactive ketones (excluding diaryl/α,β-unsaturated/α-hetero) is 1. The van der Waals surface area contributed by atoms with Gasteiger partial charge < -0.3 is 4.74 Å². The van der Waals surface area contributed by atoms with Gasteiger partial charge >= 0.3 is 0 Å². The molecule has 0 aromatic heterocycles. The molecule has 1 unspecified atom stereocenters. The molecule has 0 amide bonds. The summed E-state index contributed by atoms with van der Waals surface area (Å²) < 4.78 is 5.17. The molecule has 0 fully saturated rings. The zero-order valence-electron chi connectivity index (χ0n) is 11.1. The largest absolute Gasteiger partial charge is 0.497 e. The van der Waals surface area contributed by atoms with E-state index in [9.17, 15) is 4.79 Å². The van der Waals surface area contributed by atoms with E-state index in [1.54, 1.807) is 7.11 Å². The van der Waals surface area contributed by atoms with Gasteiger partial charge in [0.2, 0.25) is 0 Å². The molecule has 0 spiro atoms. The molecule has 18 heavy (non-hydrogen) atoms. The minimum absolute atomic E-state index is 0.259. The number of benzene rings is 1. The number of hydrogen-bond acceptors (Lipinski definition) is 2. The maximum atomic E-state index is 12.2. The number of allylic oxidation sites excluding steroid dienone is 2. The fraction of sp³-hybridized carbons (Fsp3) is 0.438. The summed E-state index contributed by atoms with van der Waals surface area (Å²) in [7, 11) is 1.64. The van der Waals surface area contributed by atoms with Crippen LogP contribution in [0, 0.1) is 5.92 Å². The molecule has 1 aliphatic carbocycles. The number of ketones is 1. The Labute approximate surface area is 109 Å². The van der Waals surface area contributed by atoms with Gasteiger partial charge in [0.05, 0.1) is 7.11 Å². The minimum atomic E-state index is 0.259. The quantitative estimate of drug-likeness (QED) is 0.809. The summed E-state index contributed by atoms with van der Waals surface area (Å²) in [5.74, 6) is 1.79. The molecule has 2 rings (SSSR count). The molecule has 0 radical (unpaired) electrons.